The Bertz CT molecular complexity index is 671. The Morgan fingerprint density at radius 1 is 1.29 bits per heavy atom. The van der Waals surface area contributed by atoms with E-state index in [0.29, 0.717) is 29.3 Å². The van der Waals surface area contributed by atoms with Gasteiger partial charge >= 0.3 is 0 Å². The van der Waals surface area contributed by atoms with Crippen LogP contribution in [0, 0.1) is 6.92 Å². The van der Waals surface area contributed by atoms with Gasteiger partial charge in [-0.25, -0.2) is 0 Å². The number of anilines is 1. The van der Waals surface area contributed by atoms with Gasteiger partial charge in [0.05, 0.1) is 5.69 Å². The Balaban J connectivity index is 2.21. The molecule has 2 aromatic rings. The molecule has 2 aromatic carbocycles. The molecule has 0 fully saturated rings. The van der Waals surface area contributed by atoms with Crippen LogP contribution in [0.5, 0.6) is 11.5 Å². The highest BCUT2D eigenvalue weighted by molar-refractivity contribution is 9.10. The van der Waals surface area contributed by atoms with Crippen molar-refractivity contribution < 1.29 is 9.53 Å². The molecule has 4 nitrogen and oxygen atoms in total. The second-order valence-corrected chi connectivity index (χ2v) is 5.48. The zero-order valence-electron chi connectivity index (χ0n) is 11.9. The lowest BCUT2D eigenvalue weighted by Crippen LogP contribution is -2.22. The number of carbonyl (C=O) groups is 1. The highest BCUT2D eigenvalue weighted by atomic mass is 79.9. The topological polar surface area (TPSA) is 64.3 Å². The molecular weight excluding hydrogens is 332 g/mol. The minimum atomic E-state index is -0.143. The van der Waals surface area contributed by atoms with Crippen molar-refractivity contribution in [3.63, 3.8) is 0 Å². The Morgan fingerprint density at radius 2 is 2.05 bits per heavy atom. The number of halogens is 1. The fourth-order valence-electron chi connectivity index (χ4n) is 1.85. The zero-order chi connectivity index (χ0) is 15.4. The average Bonchev–Trinajstić information content (AvgIpc) is 2.45. The predicted octanol–water partition coefficient (Wildman–Crippen LogP) is 3.88. The summed E-state index contributed by atoms with van der Waals surface area (Å²) in [6.45, 7) is 4.43. The molecule has 3 N–H and O–H groups in total. The average molecular weight is 349 g/mol. The number of aryl methyl sites for hydroxylation is 1. The molecule has 21 heavy (non-hydrogen) atoms. The highest BCUT2D eigenvalue weighted by Crippen LogP contribution is 2.30. The second-order valence-electron chi connectivity index (χ2n) is 4.63. The van der Waals surface area contributed by atoms with Gasteiger partial charge in [-0.2, -0.15) is 0 Å². The van der Waals surface area contributed by atoms with Crippen LogP contribution in [0.4, 0.5) is 5.69 Å². The summed E-state index contributed by atoms with van der Waals surface area (Å²) < 4.78 is 6.78. The molecule has 0 aliphatic rings. The molecule has 0 aromatic heterocycles. The van der Waals surface area contributed by atoms with Gasteiger partial charge in [0.1, 0.15) is 11.5 Å². The SMILES string of the molecule is CCNC(=O)c1ccc(Oc2ccc(Br)c(C)c2)c(N)c1. The molecule has 5 heteroatoms. The van der Waals surface area contributed by atoms with Gasteiger partial charge in [0.2, 0.25) is 0 Å². The summed E-state index contributed by atoms with van der Waals surface area (Å²) in [7, 11) is 0. The number of nitrogens with one attached hydrogen (secondary N) is 1. The van der Waals surface area contributed by atoms with Crippen LogP contribution in [0.15, 0.2) is 40.9 Å². The number of amides is 1. The van der Waals surface area contributed by atoms with E-state index >= 15 is 0 Å². The van der Waals surface area contributed by atoms with E-state index in [1.165, 1.54) is 0 Å². The van der Waals surface area contributed by atoms with E-state index in [4.69, 9.17) is 10.5 Å². The van der Waals surface area contributed by atoms with Gasteiger partial charge in [0.25, 0.3) is 5.91 Å². The molecule has 2 rings (SSSR count). The summed E-state index contributed by atoms with van der Waals surface area (Å²) in [6.07, 6.45) is 0. The van der Waals surface area contributed by atoms with Gasteiger partial charge in [-0.05, 0) is 55.8 Å². The summed E-state index contributed by atoms with van der Waals surface area (Å²) in [4.78, 5) is 11.7. The van der Waals surface area contributed by atoms with Crippen molar-refractivity contribution in [2.45, 2.75) is 13.8 Å². The van der Waals surface area contributed by atoms with E-state index in [2.05, 4.69) is 21.2 Å². The molecule has 0 spiro atoms. The van der Waals surface area contributed by atoms with Gasteiger partial charge in [-0.15, -0.1) is 0 Å². The van der Waals surface area contributed by atoms with E-state index in [0.717, 1.165) is 10.0 Å². The number of rotatable bonds is 4. The molecular formula is C16H17BrN2O2. The molecule has 0 unspecified atom stereocenters. The van der Waals surface area contributed by atoms with Crippen LogP contribution >= 0.6 is 15.9 Å². The first-order chi connectivity index (χ1) is 10.0. The molecule has 0 aliphatic carbocycles. The lowest BCUT2D eigenvalue weighted by atomic mass is 10.1. The van der Waals surface area contributed by atoms with Gasteiger partial charge in [-0.1, -0.05) is 15.9 Å². The molecule has 1 amide bonds. The molecule has 0 bridgehead atoms. The molecule has 0 saturated carbocycles. The summed E-state index contributed by atoms with van der Waals surface area (Å²) in [5.74, 6) is 1.09. The number of hydrogen-bond donors (Lipinski definition) is 2. The van der Waals surface area contributed by atoms with E-state index in [1.54, 1.807) is 18.2 Å². The first-order valence-corrected chi connectivity index (χ1v) is 7.42. The number of benzene rings is 2. The highest BCUT2D eigenvalue weighted by Gasteiger charge is 2.09. The minimum absolute atomic E-state index is 0.143. The third-order valence-corrected chi connectivity index (χ3v) is 3.86. The van der Waals surface area contributed by atoms with E-state index in [1.807, 2.05) is 32.0 Å². The van der Waals surface area contributed by atoms with Crippen molar-refractivity contribution in [3.8, 4) is 11.5 Å². The largest absolute Gasteiger partial charge is 0.455 e. The number of nitrogen functional groups attached to an aromatic ring is 1. The third-order valence-electron chi connectivity index (χ3n) is 2.97. The van der Waals surface area contributed by atoms with Gasteiger partial charge in [-0.3, -0.25) is 4.79 Å². The molecule has 110 valence electrons. The summed E-state index contributed by atoms with van der Waals surface area (Å²) in [5, 5.41) is 2.73. The Kier molecular flexibility index (Phi) is 4.85. The lowest BCUT2D eigenvalue weighted by molar-refractivity contribution is 0.0956. The second kappa shape index (κ2) is 6.63. The maximum atomic E-state index is 11.7. The van der Waals surface area contributed by atoms with Gasteiger partial charge in [0.15, 0.2) is 0 Å². The maximum absolute atomic E-state index is 11.7. The Labute approximate surface area is 132 Å². The van der Waals surface area contributed by atoms with Crippen molar-refractivity contribution in [3.05, 3.63) is 52.0 Å². The minimum Gasteiger partial charge on any atom is -0.455 e. The molecule has 0 saturated heterocycles. The van der Waals surface area contributed by atoms with Crippen molar-refractivity contribution in [1.82, 2.24) is 5.32 Å². The van der Waals surface area contributed by atoms with Gasteiger partial charge < -0.3 is 15.8 Å². The molecule has 0 radical (unpaired) electrons. The molecule has 0 aliphatic heterocycles. The normalized spacial score (nSPS) is 10.2. The first kappa shape index (κ1) is 15.4. The quantitative estimate of drug-likeness (QED) is 0.824. The summed E-state index contributed by atoms with van der Waals surface area (Å²) in [6, 6.07) is 10.7. The maximum Gasteiger partial charge on any atom is 0.251 e. The Hall–Kier alpha value is -2.01. The monoisotopic (exact) mass is 348 g/mol. The van der Waals surface area contributed by atoms with Gasteiger partial charge in [0, 0.05) is 16.6 Å². The van der Waals surface area contributed by atoms with Crippen molar-refractivity contribution >= 4 is 27.5 Å². The molecule has 0 heterocycles. The van der Waals surface area contributed by atoms with Crippen LogP contribution in [-0.4, -0.2) is 12.5 Å². The smallest absolute Gasteiger partial charge is 0.251 e. The fraction of sp³-hybridized carbons (Fsp3) is 0.188. The van der Waals surface area contributed by atoms with Crippen LogP contribution in [0.3, 0.4) is 0 Å². The van der Waals surface area contributed by atoms with Crippen LogP contribution in [0.25, 0.3) is 0 Å². The first-order valence-electron chi connectivity index (χ1n) is 6.63. The summed E-state index contributed by atoms with van der Waals surface area (Å²) in [5.41, 5.74) is 7.98. The van der Waals surface area contributed by atoms with E-state index in [-0.39, 0.29) is 5.91 Å². The van der Waals surface area contributed by atoms with Crippen molar-refractivity contribution in [1.29, 1.82) is 0 Å². The van der Waals surface area contributed by atoms with Crippen molar-refractivity contribution in [2.75, 3.05) is 12.3 Å². The zero-order valence-corrected chi connectivity index (χ0v) is 13.5. The van der Waals surface area contributed by atoms with Crippen LogP contribution < -0.4 is 15.8 Å². The van der Waals surface area contributed by atoms with Crippen LogP contribution in [-0.2, 0) is 0 Å². The Morgan fingerprint density at radius 3 is 2.67 bits per heavy atom. The van der Waals surface area contributed by atoms with Crippen LogP contribution in [0.2, 0.25) is 0 Å². The number of hydrogen-bond acceptors (Lipinski definition) is 3. The van der Waals surface area contributed by atoms with E-state index < -0.39 is 0 Å². The standard InChI is InChI=1S/C16H17BrN2O2/c1-3-19-16(20)11-4-7-15(14(18)9-11)21-12-5-6-13(17)10(2)8-12/h4-9H,3,18H2,1-2H3,(H,19,20). The fourth-order valence-corrected chi connectivity index (χ4v) is 2.10. The number of nitrogens with two attached hydrogens (primary N) is 1. The lowest BCUT2D eigenvalue weighted by Gasteiger charge is -2.11. The third kappa shape index (κ3) is 3.76. The predicted molar refractivity (Wildman–Crippen MR) is 87.8 cm³/mol. The number of carbonyl (C=O) groups excluding carboxylic acids is 1. The number of ether oxygens (including phenoxy) is 1. The van der Waals surface area contributed by atoms with Crippen LogP contribution in [0.1, 0.15) is 22.8 Å². The van der Waals surface area contributed by atoms with E-state index in [9.17, 15) is 4.79 Å². The summed E-state index contributed by atoms with van der Waals surface area (Å²) >= 11 is 3.44. The molecule has 0 atom stereocenters. The van der Waals surface area contributed by atoms with Crippen molar-refractivity contribution in [2.24, 2.45) is 0 Å².